The Morgan fingerprint density at radius 2 is 1.06 bits per heavy atom. The molecule has 0 atom stereocenters. The minimum Gasteiger partial charge on any atom is -1.00 e. The van der Waals surface area contributed by atoms with Crippen molar-refractivity contribution in [3.05, 3.63) is 0 Å². The van der Waals surface area contributed by atoms with Crippen LogP contribution >= 0.6 is 0 Å². The van der Waals surface area contributed by atoms with E-state index in [-0.39, 0.29) is 24.8 Å². The van der Waals surface area contributed by atoms with Crippen molar-refractivity contribution in [2.45, 2.75) is 0 Å². The van der Waals surface area contributed by atoms with Gasteiger partial charge < -0.3 is 43.3 Å². The summed E-state index contributed by atoms with van der Waals surface area (Å²) in [5.41, 5.74) is 0. The molecule has 0 N–H and O–H groups in total. The topological polar surface area (TPSA) is 35.5 Å². The summed E-state index contributed by atoms with van der Waals surface area (Å²) in [7, 11) is 12.3. The van der Waals surface area contributed by atoms with Crippen molar-refractivity contribution in [3.63, 3.8) is 0 Å². The molecule has 0 bridgehead atoms. The Morgan fingerprint density at radius 3 is 1.28 bits per heavy atom. The molecule has 0 aliphatic heterocycles. The maximum atomic E-state index is 11.2. The van der Waals surface area contributed by atoms with Crippen LogP contribution in [0.4, 0.5) is 4.79 Å². The largest absolute Gasteiger partial charge is 1.00 e. The lowest BCUT2D eigenvalue weighted by Gasteiger charge is -2.24. The quantitative estimate of drug-likeness (QED) is 0.363. The Labute approximate surface area is 123 Å². The Hall–Kier alpha value is -0.230. The van der Waals surface area contributed by atoms with Gasteiger partial charge in [0, 0.05) is 0 Å². The molecule has 0 aliphatic carbocycles. The highest BCUT2D eigenvalue weighted by Gasteiger charge is 2.12. The molecule has 0 aromatic heterocycles. The van der Waals surface area contributed by atoms with Crippen LogP contribution in [0, 0.1) is 0 Å². The summed E-state index contributed by atoms with van der Waals surface area (Å²) in [4.78, 5) is 11.2. The molecular formula is C11H26Cl2N2O3. The van der Waals surface area contributed by atoms with Gasteiger partial charge in [0.25, 0.3) is 0 Å². The standard InChI is InChI=1S/C11H26N2O3.2ClH/c1-12(2,3)7-9-15-11(14)16-10-8-13(4,5)6;;/h7-10H2,1-6H3;2*1H/q+2;;/p-2. The second kappa shape index (κ2) is 9.67. The molecule has 0 aliphatic rings. The van der Waals surface area contributed by atoms with E-state index in [0.717, 1.165) is 22.1 Å². The zero-order chi connectivity index (χ0) is 12.8. The lowest BCUT2D eigenvalue weighted by Crippen LogP contribution is -3.00. The van der Waals surface area contributed by atoms with E-state index in [4.69, 9.17) is 9.47 Å². The highest BCUT2D eigenvalue weighted by molar-refractivity contribution is 5.59. The fraction of sp³-hybridized carbons (Fsp3) is 0.909. The molecule has 0 heterocycles. The summed E-state index contributed by atoms with van der Waals surface area (Å²) in [6.45, 7) is 2.36. The van der Waals surface area contributed by atoms with E-state index in [1.807, 2.05) is 42.3 Å². The SMILES string of the molecule is C[N+](C)(C)CCOC(=O)OCC[N+](C)(C)C.[Cl-].[Cl-]. The number of quaternary nitrogens is 2. The van der Waals surface area contributed by atoms with Crippen molar-refractivity contribution < 1.29 is 48.0 Å². The summed E-state index contributed by atoms with van der Waals surface area (Å²) in [5, 5.41) is 0. The van der Waals surface area contributed by atoms with Gasteiger partial charge in [0.2, 0.25) is 0 Å². The smallest absolute Gasteiger partial charge is 0.508 e. The third-order valence-corrected chi connectivity index (χ3v) is 1.96. The Balaban J connectivity index is -0.00000112. The molecule has 18 heavy (non-hydrogen) atoms. The summed E-state index contributed by atoms with van der Waals surface area (Å²) >= 11 is 0. The van der Waals surface area contributed by atoms with E-state index in [0.29, 0.717) is 13.2 Å². The highest BCUT2D eigenvalue weighted by atomic mass is 35.5. The first-order valence-corrected chi connectivity index (χ1v) is 5.51. The van der Waals surface area contributed by atoms with Crippen molar-refractivity contribution >= 4 is 6.16 Å². The first kappa shape index (κ1) is 22.9. The van der Waals surface area contributed by atoms with Gasteiger partial charge in [-0.2, -0.15) is 0 Å². The second-order valence-corrected chi connectivity index (χ2v) is 5.97. The predicted molar refractivity (Wildman–Crippen MR) is 63.1 cm³/mol. The number of carbonyl (C=O) groups is 1. The highest BCUT2D eigenvalue weighted by Crippen LogP contribution is 1.94. The molecular weight excluding hydrogens is 279 g/mol. The van der Waals surface area contributed by atoms with E-state index < -0.39 is 6.16 Å². The lowest BCUT2D eigenvalue weighted by molar-refractivity contribution is -0.870. The van der Waals surface area contributed by atoms with Crippen LogP contribution in [0.2, 0.25) is 0 Å². The number of carbonyl (C=O) groups excluding carboxylic acids is 1. The van der Waals surface area contributed by atoms with E-state index >= 15 is 0 Å². The molecule has 0 rings (SSSR count). The molecule has 112 valence electrons. The second-order valence-electron chi connectivity index (χ2n) is 5.97. The summed E-state index contributed by atoms with van der Waals surface area (Å²) in [6.07, 6.45) is -0.568. The van der Waals surface area contributed by atoms with Crippen LogP contribution in [0.25, 0.3) is 0 Å². The van der Waals surface area contributed by atoms with E-state index in [2.05, 4.69) is 0 Å². The lowest BCUT2D eigenvalue weighted by atomic mass is 10.5. The van der Waals surface area contributed by atoms with E-state index in [1.54, 1.807) is 0 Å². The number of nitrogens with zero attached hydrogens (tertiary/aromatic N) is 2. The molecule has 0 aromatic carbocycles. The molecule has 0 radical (unpaired) electrons. The van der Waals surface area contributed by atoms with Crippen LogP contribution in [0.15, 0.2) is 0 Å². The minimum atomic E-state index is -0.568. The molecule has 0 aromatic rings. The first-order valence-electron chi connectivity index (χ1n) is 5.51. The van der Waals surface area contributed by atoms with Crippen molar-refractivity contribution in [3.8, 4) is 0 Å². The predicted octanol–water partition coefficient (Wildman–Crippen LogP) is -5.44. The molecule has 0 saturated carbocycles. The third kappa shape index (κ3) is 18.1. The molecule has 5 nitrogen and oxygen atoms in total. The van der Waals surface area contributed by atoms with E-state index in [1.165, 1.54) is 0 Å². The van der Waals surface area contributed by atoms with Gasteiger partial charge in [-0.25, -0.2) is 4.79 Å². The summed E-state index contributed by atoms with van der Waals surface area (Å²) in [6, 6.07) is 0. The number of hydrogen-bond donors (Lipinski definition) is 0. The average Bonchev–Trinajstić information content (AvgIpc) is 1.98. The summed E-state index contributed by atoms with van der Waals surface area (Å²) in [5.74, 6) is 0. The van der Waals surface area contributed by atoms with Crippen molar-refractivity contribution in [2.75, 3.05) is 68.6 Å². The number of halogens is 2. The Bertz CT molecular complexity index is 203. The van der Waals surface area contributed by atoms with Gasteiger partial charge >= 0.3 is 6.16 Å². The van der Waals surface area contributed by atoms with Crippen LogP contribution < -0.4 is 24.8 Å². The number of hydrogen-bond acceptors (Lipinski definition) is 3. The zero-order valence-corrected chi connectivity index (χ0v) is 13.7. The van der Waals surface area contributed by atoms with Crippen LogP contribution in [-0.2, 0) is 9.47 Å². The van der Waals surface area contributed by atoms with Crippen LogP contribution in [0.1, 0.15) is 0 Å². The van der Waals surface area contributed by atoms with Crippen LogP contribution in [0.5, 0.6) is 0 Å². The minimum absolute atomic E-state index is 0. The fourth-order valence-electron chi connectivity index (χ4n) is 0.847. The molecule has 7 heteroatoms. The third-order valence-electron chi connectivity index (χ3n) is 1.96. The Morgan fingerprint density at radius 1 is 0.778 bits per heavy atom. The Kier molecular flexibility index (Phi) is 12.3. The zero-order valence-electron chi connectivity index (χ0n) is 12.2. The van der Waals surface area contributed by atoms with Gasteiger partial charge in [0.05, 0.1) is 42.3 Å². The maximum absolute atomic E-state index is 11.2. The van der Waals surface area contributed by atoms with Crippen LogP contribution in [-0.4, -0.2) is 83.7 Å². The van der Waals surface area contributed by atoms with E-state index in [9.17, 15) is 4.79 Å². The molecule has 0 unspecified atom stereocenters. The monoisotopic (exact) mass is 304 g/mol. The fourth-order valence-corrected chi connectivity index (χ4v) is 0.847. The average molecular weight is 305 g/mol. The van der Waals surface area contributed by atoms with Crippen molar-refractivity contribution in [1.82, 2.24) is 0 Å². The van der Waals surface area contributed by atoms with Gasteiger partial charge in [-0.3, -0.25) is 0 Å². The van der Waals surface area contributed by atoms with Gasteiger partial charge in [-0.1, -0.05) is 0 Å². The normalized spacial score (nSPS) is 11.0. The van der Waals surface area contributed by atoms with Crippen LogP contribution in [0.3, 0.4) is 0 Å². The van der Waals surface area contributed by atoms with Gasteiger partial charge in [0.1, 0.15) is 26.3 Å². The van der Waals surface area contributed by atoms with Gasteiger partial charge in [0.15, 0.2) is 0 Å². The number of ether oxygens (including phenoxy) is 2. The molecule has 0 amide bonds. The number of likely N-dealkylation sites (N-methyl/N-ethyl adjacent to an activating group) is 2. The first-order chi connectivity index (χ1) is 7.10. The number of rotatable bonds is 6. The van der Waals surface area contributed by atoms with Crippen molar-refractivity contribution in [2.24, 2.45) is 0 Å². The molecule has 0 spiro atoms. The van der Waals surface area contributed by atoms with Crippen molar-refractivity contribution in [1.29, 1.82) is 0 Å². The molecule has 0 saturated heterocycles. The summed E-state index contributed by atoms with van der Waals surface area (Å²) < 4.78 is 11.4. The maximum Gasteiger partial charge on any atom is 0.508 e. The molecule has 0 fully saturated rings. The van der Waals surface area contributed by atoms with Gasteiger partial charge in [-0.15, -0.1) is 0 Å². The van der Waals surface area contributed by atoms with Gasteiger partial charge in [-0.05, 0) is 0 Å².